The number of Topliss-reactive ketones (excluding diaryl/α,β-unsaturated/α-hetero) is 1. The van der Waals surface area contributed by atoms with Crippen molar-refractivity contribution >= 4 is 29.1 Å². The fourth-order valence-corrected chi connectivity index (χ4v) is 3.38. The van der Waals surface area contributed by atoms with Crippen LogP contribution in [-0.2, 0) is 4.79 Å². The van der Waals surface area contributed by atoms with Crippen LogP contribution in [0.4, 0.5) is 5.69 Å². The number of ether oxygens (including phenoxy) is 1. The van der Waals surface area contributed by atoms with E-state index in [0.29, 0.717) is 34.5 Å². The number of carbonyl (C=O) groups excluding carboxylic acids is 2. The summed E-state index contributed by atoms with van der Waals surface area (Å²) in [6, 6.07) is 14.3. The standard InChI is InChI=1S/C22H25N5O3S/c1-5-30-19-9-7-6-8-17(19)27-21(24-25-26-27)31-14-18(28)15-10-12-16(13-11-15)23-20(29)22(2,3)4/h6-13H,5,14H2,1-4H3,(H,23,29). The molecule has 0 unspecified atom stereocenters. The molecule has 9 heteroatoms. The van der Waals surface area contributed by atoms with Gasteiger partial charge < -0.3 is 10.1 Å². The van der Waals surface area contributed by atoms with Crippen molar-refractivity contribution in [3.63, 3.8) is 0 Å². The third kappa shape index (κ3) is 5.69. The van der Waals surface area contributed by atoms with Gasteiger partial charge in [0.15, 0.2) is 5.78 Å². The van der Waals surface area contributed by atoms with Gasteiger partial charge in [-0.05, 0) is 53.7 Å². The molecule has 0 saturated heterocycles. The van der Waals surface area contributed by atoms with Gasteiger partial charge in [0.2, 0.25) is 11.1 Å². The fourth-order valence-electron chi connectivity index (χ4n) is 2.60. The minimum Gasteiger partial charge on any atom is -0.492 e. The lowest BCUT2D eigenvalue weighted by atomic mass is 9.95. The summed E-state index contributed by atoms with van der Waals surface area (Å²) in [6.45, 7) is 7.96. The van der Waals surface area contributed by atoms with Crippen molar-refractivity contribution in [1.82, 2.24) is 20.2 Å². The number of nitrogens with zero attached hydrogens (tertiary/aromatic N) is 4. The molecule has 0 radical (unpaired) electrons. The van der Waals surface area contributed by atoms with Crippen LogP contribution in [0.25, 0.3) is 5.69 Å². The number of tetrazole rings is 1. The number of anilines is 1. The van der Waals surface area contributed by atoms with Gasteiger partial charge in [-0.2, -0.15) is 4.68 Å². The molecule has 31 heavy (non-hydrogen) atoms. The van der Waals surface area contributed by atoms with Gasteiger partial charge in [-0.15, -0.1) is 5.10 Å². The van der Waals surface area contributed by atoms with Crippen LogP contribution >= 0.6 is 11.8 Å². The number of hydrogen-bond acceptors (Lipinski definition) is 7. The van der Waals surface area contributed by atoms with Gasteiger partial charge in [-0.25, -0.2) is 0 Å². The predicted molar refractivity (Wildman–Crippen MR) is 120 cm³/mol. The molecule has 1 aromatic heterocycles. The van der Waals surface area contributed by atoms with Crippen molar-refractivity contribution < 1.29 is 14.3 Å². The molecule has 1 heterocycles. The second kappa shape index (κ2) is 9.74. The second-order valence-corrected chi connectivity index (χ2v) is 8.71. The zero-order valence-electron chi connectivity index (χ0n) is 18.0. The van der Waals surface area contributed by atoms with Crippen molar-refractivity contribution in [1.29, 1.82) is 0 Å². The van der Waals surface area contributed by atoms with Gasteiger partial charge in [-0.1, -0.05) is 44.7 Å². The van der Waals surface area contributed by atoms with E-state index in [0.717, 1.165) is 0 Å². The average Bonchev–Trinajstić information content (AvgIpc) is 3.21. The van der Waals surface area contributed by atoms with Crippen molar-refractivity contribution in [3.05, 3.63) is 54.1 Å². The van der Waals surface area contributed by atoms with E-state index in [4.69, 9.17) is 4.74 Å². The molecule has 1 N–H and O–H groups in total. The Morgan fingerprint density at radius 2 is 1.81 bits per heavy atom. The molecule has 8 nitrogen and oxygen atoms in total. The van der Waals surface area contributed by atoms with Crippen molar-refractivity contribution in [2.45, 2.75) is 32.9 Å². The molecular weight excluding hydrogens is 414 g/mol. The monoisotopic (exact) mass is 439 g/mol. The molecule has 1 amide bonds. The van der Waals surface area contributed by atoms with Crippen LogP contribution in [0.5, 0.6) is 5.75 Å². The van der Waals surface area contributed by atoms with Crippen LogP contribution in [0, 0.1) is 5.41 Å². The molecule has 2 aromatic carbocycles. The summed E-state index contributed by atoms with van der Waals surface area (Å²) in [7, 11) is 0. The van der Waals surface area contributed by atoms with Gasteiger partial charge >= 0.3 is 0 Å². The third-order valence-corrected chi connectivity index (χ3v) is 5.23. The van der Waals surface area contributed by atoms with Crippen LogP contribution in [-0.4, -0.2) is 44.3 Å². The highest BCUT2D eigenvalue weighted by Crippen LogP contribution is 2.26. The summed E-state index contributed by atoms with van der Waals surface area (Å²) in [4.78, 5) is 24.7. The average molecular weight is 440 g/mol. The molecule has 0 saturated carbocycles. The zero-order valence-corrected chi connectivity index (χ0v) is 18.8. The summed E-state index contributed by atoms with van der Waals surface area (Å²) in [5.74, 6) is 0.691. The Bertz CT molecular complexity index is 1060. The molecule has 3 rings (SSSR count). The van der Waals surface area contributed by atoms with Gasteiger partial charge in [0.25, 0.3) is 0 Å². The fraction of sp³-hybridized carbons (Fsp3) is 0.318. The van der Waals surface area contributed by atoms with Crippen molar-refractivity contribution in [3.8, 4) is 11.4 Å². The third-order valence-electron chi connectivity index (χ3n) is 4.31. The Kier molecular flexibility index (Phi) is 7.06. The highest BCUT2D eigenvalue weighted by molar-refractivity contribution is 7.99. The van der Waals surface area contributed by atoms with E-state index in [9.17, 15) is 9.59 Å². The second-order valence-electron chi connectivity index (χ2n) is 7.77. The van der Waals surface area contributed by atoms with E-state index < -0.39 is 5.41 Å². The molecule has 0 spiro atoms. The summed E-state index contributed by atoms with van der Waals surface area (Å²) >= 11 is 1.25. The smallest absolute Gasteiger partial charge is 0.229 e. The van der Waals surface area contributed by atoms with E-state index in [1.165, 1.54) is 11.8 Å². The number of thioether (sulfide) groups is 1. The molecule has 0 atom stereocenters. The first-order chi connectivity index (χ1) is 14.8. The number of nitrogens with one attached hydrogen (secondary N) is 1. The van der Waals surface area contributed by atoms with Gasteiger partial charge in [0, 0.05) is 16.7 Å². The Labute approximate surface area is 185 Å². The molecule has 0 bridgehead atoms. The van der Waals surface area contributed by atoms with Crippen LogP contribution in [0.1, 0.15) is 38.1 Å². The van der Waals surface area contributed by atoms with Crippen molar-refractivity contribution in [2.75, 3.05) is 17.7 Å². The molecule has 3 aromatic rings. The first-order valence-corrected chi connectivity index (χ1v) is 10.9. The van der Waals surface area contributed by atoms with E-state index in [1.54, 1.807) is 28.9 Å². The summed E-state index contributed by atoms with van der Waals surface area (Å²) in [6.07, 6.45) is 0. The Balaban J connectivity index is 1.66. The number of amides is 1. The van der Waals surface area contributed by atoms with Gasteiger partial charge in [0.1, 0.15) is 11.4 Å². The number of benzene rings is 2. The largest absolute Gasteiger partial charge is 0.492 e. The normalized spacial score (nSPS) is 11.2. The number of para-hydroxylation sites is 2. The highest BCUT2D eigenvalue weighted by atomic mass is 32.2. The molecular formula is C22H25N5O3S. The lowest BCUT2D eigenvalue weighted by Crippen LogP contribution is -2.27. The molecule has 0 aliphatic rings. The van der Waals surface area contributed by atoms with Crippen LogP contribution in [0.2, 0.25) is 0 Å². The minimum absolute atomic E-state index is 0.0636. The number of rotatable bonds is 8. The quantitative estimate of drug-likeness (QED) is 0.418. The van der Waals surface area contributed by atoms with E-state index in [2.05, 4.69) is 20.8 Å². The number of aromatic nitrogens is 4. The summed E-state index contributed by atoms with van der Waals surface area (Å²) < 4.78 is 7.21. The lowest BCUT2D eigenvalue weighted by molar-refractivity contribution is -0.123. The topological polar surface area (TPSA) is 99.0 Å². The lowest BCUT2D eigenvalue weighted by Gasteiger charge is -2.17. The van der Waals surface area contributed by atoms with Crippen LogP contribution in [0.15, 0.2) is 53.7 Å². The summed E-state index contributed by atoms with van der Waals surface area (Å²) in [5.41, 5.74) is 1.43. The first-order valence-electron chi connectivity index (χ1n) is 9.87. The summed E-state index contributed by atoms with van der Waals surface area (Å²) in [5, 5.41) is 15.2. The zero-order chi connectivity index (χ0) is 22.4. The molecule has 0 fully saturated rings. The predicted octanol–water partition coefficient (Wildman–Crippen LogP) is 4.02. The maximum absolute atomic E-state index is 12.6. The Hall–Kier alpha value is -3.20. The van der Waals surface area contributed by atoms with Gasteiger partial charge in [-0.3, -0.25) is 9.59 Å². The Morgan fingerprint density at radius 3 is 2.48 bits per heavy atom. The highest BCUT2D eigenvalue weighted by Gasteiger charge is 2.21. The molecule has 162 valence electrons. The maximum Gasteiger partial charge on any atom is 0.229 e. The number of hydrogen-bond donors (Lipinski definition) is 1. The first kappa shape index (κ1) is 22.5. The minimum atomic E-state index is -0.490. The number of ketones is 1. The Morgan fingerprint density at radius 1 is 1.10 bits per heavy atom. The molecule has 0 aliphatic heterocycles. The van der Waals surface area contributed by atoms with Crippen LogP contribution < -0.4 is 10.1 Å². The van der Waals surface area contributed by atoms with Crippen molar-refractivity contribution in [2.24, 2.45) is 5.41 Å². The SMILES string of the molecule is CCOc1ccccc1-n1nnnc1SCC(=O)c1ccc(NC(=O)C(C)(C)C)cc1. The number of carbonyl (C=O) groups is 2. The van der Waals surface area contributed by atoms with E-state index >= 15 is 0 Å². The van der Waals surface area contributed by atoms with Gasteiger partial charge in [0.05, 0.1) is 12.4 Å². The van der Waals surface area contributed by atoms with E-state index in [-0.39, 0.29) is 17.4 Å². The molecule has 0 aliphatic carbocycles. The van der Waals surface area contributed by atoms with Crippen LogP contribution in [0.3, 0.4) is 0 Å². The van der Waals surface area contributed by atoms with E-state index in [1.807, 2.05) is 52.0 Å². The maximum atomic E-state index is 12.6.